The number of carboxylic acids is 1. The van der Waals surface area contributed by atoms with Crippen LogP contribution in [0.15, 0.2) is 36.0 Å². The van der Waals surface area contributed by atoms with Gasteiger partial charge in [0.2, 0.25) is 0 Å². The number of hydrogen-bond acceptors (Lipinski definition) is 3. The van der Waals surface area contributed by atoms with E-state index in [1.54, 1.807) is 0 Å². The van der Waals surface area contributed by atoms with Crippen LogP contribution in [0.3, 0.4) is 0 Å². The lowest BCUT2D eigenvalue weighted by Gasteiger charge is -2.49. The molecule has 2 saturated carbocycles. The molecule has 0 amide bonds. The summed E-state index contributed by atoms with van der Waals surface area (Å²) >= 11 is 0. The molecule has 134 valence electrons. The van der Waals surface area contributed by atoms with E-state index in [2.05, 4.69) is 18.2 Å². The predicted octanol–water partition coefficient (Wildman–Crippen LogP) is 3.89. The van der Waals surface area contributed by atoms with Crippen molar-refractivity contribution in [3.05, 3.63) is 36.0 Å². The zero-order valence-corrected chi connectivity index (χ0v) is 14.5. The summed E-state index contributed by atoms with van der Waals surface area (Å²) in [5.74, 6) is 2.31. The molecule has 25 heavy (non-hydrogen) atoms. The number of hydrogen-bond donors (Lipinski definition) is 1. The number of ether oxygens (including phenoxy) is 1. The number of carbonyl (C=O) groups excluding carboxylic acids is 1. The van der Waals surface area contributed by atoms with Crippen LogP contribution < -0.4 is 0 Å². The fourth-order valence-electron chi connectivity index (χ4n) is 5.82. The summed E-state index contributed by atoms with van der Waals surface area (Å²) in [7, 11) is 0. The van der Waals surface area contributed by atoms with Crippen LogP contribution in [0.5, 0.6) is 0 Å². The Bertz CT molecular complexity index is 644. The molecule has 6 unspecified atom stereocenters. The van der Waals surface area contributed by atoms with Gasteiger partial charge in [0.25, 0.3) is 0 Å². The van der Waals surface area contributed by atoms with Crippen molar-refractivity contribution >= 4 is 11.9 Å². The Balaban J connectivity index is 1.39. The average Bonchev–Trinajstić information content (AvgIpc) is 3.08. The van der Waals surface area contributed by atoms with Crippen LogP contribution in [0.2, 0.25) is 0 Å². The van der Waals surface area contributed by atoms with Crippen LogP contribution in [-0.2, 0) is 14.3 Å². The van der Waals surface area contributed by atoms with E-state index in [9.17, 15) is 9.59 Å². The standard InChI is InChI=1S/C21H26O4/c22-20(23)10-11-21(24)25-15-6-9-17-14(12-15)5-8-18-16-3-1-2-13(16)4-7-19(17)18/h1-2,5,10-11,13,15-19H,3-4,6-9,12H2,(H,22,23)/b11-10+. The van der Waals surface area contributed by atoms with Gasteiger partial charge in [-0.2, -0.15) is 0 Å². The van der Waals surface area contributed by atoms with Crippen LogP contribution >= 0.6 is 0 Å². The smallest absolute Gasteiger partial charge is 0.331 e. The molecule has 0 saturated heterocycles. The highest BCUT2D eigenvalue weighted by molar-refractivity contribution is 5.90. The predicted molar refractivity (Wildman–Crippen MR) is 93.6 cm³/mol. The number of carboxylic acid groups (broad SMARTS) is 1. The van der Waals surface area contributed by atoms with Crippen molar-refractivity contribution in [2.75, 3.05) is 0 Å². The minimum atomic E-state index is -1.13. The lowest BCUT2D eigenvalue weighted by Crippen LogP contribution is -2.41. The van der Waals surface area contributed by atoms with Gasteiger partial charge in [0.15, 0.2) is 0 Å². The third-order valence-corrected chi connectivity index (χ3v) is 6.83. The number of rotatable bonds is 3. The molecular formula is C21H26O4. The lowest BCUT2D eigenvalue weighted by atomic mass is 9.57. The zero-order chi connectivity index (χ0) is 17.4. The second-order valence-corrected chi connectivity index (χ2v) is 8.03. The molecule has 4 heteroatoms. The first-order chi connectivity index (χ1) is 12.1. The molecule has 0 radical (unpaired) electrons. The normalized spacial score (nSPS) is 39.3. The summed E-state index contributed by atoms with van der Waals surface area (Å²) in [6, 6.07) is 0. The Labute approximate surface area is 148 Å². The second-order valence-electron chi connectivity index (χ2n) is 8.03. The monoisotopic (exact) mass is 342 g/mol. The van der Waals surface area contributed by atoms with Gasteiger partial charge in [0, 0.05) is 18.6 Å². The van der Waals surface area contributed by atoms with Crippen LogP contribution in [0.25, 0.3) is 0 Å². The van der Waals surface area contributed by atoms with E-state index in [1.807, 2.05) is 0 Å². The Hall–Kier alpha value is -1.84. The van der Waals surface area contributed by atoms with Gasteiger partial charge in [-0.25, -0.2) is 9.59 Å². The van der Waals surface area contributed by atoms with Gasteiger partial charge in [0.1, 0.15) is 6.10 Å². The van der Waals surface area contributed by atoms with Crippen LogP contribution in [0.1, 0.15) is 44.9 Å². The molecule has 4 aliphatic rings. The first kappa shape index (κ1) is 16.6. The van der Waals surface area contributed by atoms with E-state index in [0.29, 0.717) is 5.92 Å². The summed E-state index contributed by atoms with van der Waals surface area (Å²) in [4.78, 5) is 22.2. The quantitative estimate of drug-likeness (QED) is 0.480. The van der Waals surface area contributed by atoms with Crippen molar-refractivity contribution in [3.63, 3.8) is 0 Å². The van der Waals surface area contributed by atoms with Crippen LogP contribution in [0, 0.1) is 29.6 Å². The molecule has 6 atom stereocenters. The summed E-state index contributed by atoms with van der Waals surface area (Å²) in [5.41, 5.74) is 1.48. The van der Waals surface area contributed by atoms with Crippen molar-refractivity contribution in [2.24, 2.45) is 29.6 Å². The molecule has 4 rings (SSSR count). The molecule has 0 aromatic carbocycles. The van der Waals surface area contributed by atoms with Gasteiger partial charge in [-0.05, 0) is 68.1 Å². The molecule has 1 N–H and O–H groups in total. The van der Waals surface area contributed by atoms with E-state index >= 15 is 0 Å². The van der Waals surface area contributed by atoms with Gasteiger partial charge in [-0.15, -0.1) is 0 Å². The first-order valence-electron chi connectivity index (χ1n) is 9.59. The molecule has 4 nitrogen and oxygen atoms in total. The van der Waals surface area contributed by atoms with Gasteiger partial charge >= 0.3 is 11.9 Å². The third kappa shape index (κ3) is 3.31. The number of aliphatic carboxylic acids is 1. The van der Waals surface area contributed by atoms with Gasteiger partial charge < -0.3 is 9.84 Å². The molecule has 4 aliphatic carbocycles. The zero-order valence-electron chi connectivity index (χ0n) is 14.5. The highest BCUT2D eigenvalue weighted by Gasteiger charge is 2.46. The average molecular weight is 342 g/mol. The van der Waals surface area contributed by atoms with Gasteiger partial charge in [0.05, 0.1) is 0 Å². The minimum Gasteiger partial charge on any atom is -0.478 e. The number of carbonyl (C=O) groups is 2. The first-order valence-corrected chi connectivity index (χ1v) is 9.59. The molecule has 2 fully saturated rings. The molecule has 0 bridgehead atoms. The minimum absolute atomic E-state index is 0.102. The summed E-state index contributed by atoms with van der Waals surface area (Å²) in [5, 5.41) is 8.59. The van der Waals surface area contributed by atoms with Crippen LogP contribution in [0.4, 0.5) is 0 Å². The van der Waals surface area contributed by atoms with E-state index in [4.69, 9.17) is 9.84 Å². The van der Waals surface area contributed by atoms with Crippen LogP contribution in [-0.4, -0.2) is 23.1 Å². The molecule has 0 spiro atoms. The largest absolute Gasteiger partial charge is 0.478 e. The second kappa shape index (κ2) is 6.81. The maximum Gasteiger partial charge on any atom is 0.331 e. The lowest BCUT2D eigenvalue weighted by molar-refractivity contribution is -0.144. The third-order valence-electron chi connectivity index (χ3n) is 6.83. The highest BCUT2D eigenvalue weighted by Crippen LogP contribution is 2.54. The van der Waals surface area contributed by atoms with Gasteiger partial charge in [-0.1, -0.05) is 23.8 Å². The SMILES string of the molecule is O=C(O)/C=C/C(=O)OC1CCC2C(=CCC3C4CC=CC4CCC23)C1. The van der Waals surface area contributed by atoms with E-state index in [0.717, 1.165) is 55.1 Å². The Kier molecular flexibility index (Phi) is 4.53. The molecule has 0 aliphatic heterocycles. The molecule has 0 aromatic heterocycles. The summed E-state index contributed by atoms with van der Waals surface area (Å²) in [6.07, 6.45) is 16.9. The molecule has 0 aromatic rings. The Morgan fingerprint density at radius 1 is 1.04 bits per heavy atom. The van der Waals surface area contributed by atoms with E-state index < -0.39 is 11.9 Å². The van der Waals surface area contributed by atoms with Crippen molar-refractivity contribution in [3.8, 4) is 0 Å². The topological polar surface area (TPSA) is 63.6 Å². The van der Waals surface area contributed by atoms with Crippen molar-refractivity contribution < 1.29 is 19.4 Å². The summed E-state index contributed by atoms with van der Waals surface area (Å²) < 4.78 is 5.46. The van der Waals surface area contributed by atoms with E-state index in [-0.39, 0.29) is 6.10 Å². The maximum absolute atomic E-state index is 11.7. The molecular weight excluding hydrogens is 316 g/mol. The summed E-state index contributed by atoms with van der Waals surface area (Å²) in [6.45, 7) is 0. The van der Waals surface area contributed by atoms with Gasteiger partial charge in [-0.3, -0.25) is 0 Å². The van der Waals surface area contributed by atoms with Crippen molar-refractivity contribution in [1.82, 2.24) is 0 Å². The van der Waals surface area contributed by atoms with E-state index in [1.165, 1.54) is 31.3 Å². The number of allylic oxidation sites excluding steroid dienone is 3. The Morgan fingerprint density at radius 2 is 1.92 bits per heavy atom. The molecule has 0 heterocycles. The number of fused-ring (bicyclic) bond motifs is 5. The number of esters is 1. The Morgan fingerprint density at radius 3 is 2.76 bits per heavy atom. The fourth-order valence-corrected chi connectivity index (χ4v) is 5.82. The maximum atomic E-state index is 11.7. The van der Waals surface area contributed by atoms with Crippen molar-refractivity contribution in [2.45, 2.75) is 51.0 Å². The fraction of sp³-hybridized carbons (Fsp3) is 0.619. The van der Waals surface area contributed by atoms with Crippen molar-refractivity contribution in [1.29, 1.82) is 0 Å². The highest BCUT2D eigenvalue weighted by atomic mass is 16.5.